The van der Waals surface area contributed by atoms with E-state index < -0.39 is 5.91 Å². The molecule has 0 unspecified atom stereocenters. The zero-order valence-electron chi connectivity index (χ0n) is 6.86. The predicted molar refractivity (Wildman–Crippen MR) is 43.5 cm³/mol. The summed E-state index contributed by atoms with van der Waals surface area (Å²) in [6.07, 6.45) is 3.47. The average Bonchev–Trinajstić information content (AvgIpc) is 2.30. The van der Waals surface area contributed by atoms with Crippen molar-refractivity contribution in [1.82, 2.24) is 9.13 Å². The monoisotopic (exact) mass is 169 g/mol. The Morgan fingerprint density at radius 1 is 1.58 bits per heavy atom. The molecule has 1 aromatic rings. The standard InChI is InChI=1S/C7H11N3O2/c1-9-4-5-10(7(9)12)3-2-6(8)11/h4-5H,2-3H2,1H3,(H2,8,11). The Labute approximate surface area is 69.4 Å². The van der Waals surface area contributed by atoms with Crippen LogP contribution in [0, 0.1) is 0 Å². The van der Waals surface area contributed by atoms with E-state index in [4.69, 9.17) is 5.73 Å². The van der Waals surface area contributed by atoms with E-state index in [2.05, 4.69) is 0 Å². The fraction of sp³-hybridized carbons (Fsp3) is 0.429. The maximum atomic E-state index is 11.2. The molecule has 1 aromatic heterocycles. The third-order valence-corrected chi connectivity index (χ3v) is 1.62. The van der Waals surface area contributed by atoms with Crippen molar-refractivity contribution < 1.29 is 4.79 Å². The number of nitrogens with zero attached hydrogens (tertiary/aromatic N) is 2. The Kier molecular flexibility index (Phi) is 2.32. The second-order valence-corrected chi connectivity index (χ2v) is 2.60. The van der Waals surface area contributed by atoms with Gasteiger partial charge in [-0.05, 0) is 0 Å². The third-order valence-electron chi connectivity index (χ3n) is 1.62. The minimum atomic E-state index is -0.397. The molecule has 1 heterocycles. The molecular formula is C7H11N3O2. The van der Waals surface area contributed by atoms with E-state index in [1.165, 1.54) is 9.13 Å². The van der Waals surface area contributed by atoms with Crippen LogP contribution in [0.5, 0.6) is 0 Å². The number of hydrogen-bond acceptors (Lipinski definition) is 2. The van der Waals surface area contributed by atoms with Crippen LogP contribution in [0.2, 0.25) is 0 Å². The SMILES string of the molecule is Cn1ccn(CCC(N)=O)c1=O. The largest absolute Gasteiger partial charge is 0.370 e. The normalized spacial score (nSPS) is 10.1. The van der Waals surface area contributed by atoms with E-state index >= 15 is 0 Å². The molecule has 5 nitrogen and oxygen atoms in total. The van der Waals surface area contributed by atoms with E-state index in [0.717, 1.165) is 0 Å². The van der Waals surface area contributed by atoms with Crippen molar-refractivity contribution in [3.05, 3.63) is 22.9 Å². The Morgan fingerprint density at radius 3 is 2.67 bits per heavy atom. The molecule has 0 fully saturated rings. The quantitative estimate of drug-likeness (QED) is 0.634. The van der Waals surface area contributed by atoms with Gasteiger partial charge >= 0.3 is 5.69 Å². The maximum Gasteiger partial charge on any atom is 0.327 e. The molecule has 0 atom stereocenters. The molecule has 0 aromatic carbocycles. The highest BCUT2D eigenvalue weighted by Crippen LogP contribution is 1.86. The van der Waals surface area contributed by atoms with Gasteiger partial charge in [-0.15, -0.1) is 0 Å². The summed E-state index contributed by atoms with van der Waals surface area (Å²) < 4.78 is 2.89. The van der Waals surface area contributed by atoms with Gasteiger partial charge in [0.2, 0.25) is 5.91 Å². The van der Waals surface area contributed by atoms with E-state index in [1.807, 2.05) is 0 Å². The molecule has 0 aliphatic carbocycles. The van der Waals surface area contributed by atoms with Crippen molar-refractivity contribution >= 4 is 5.91 Å². The number of carbonyl (C=O) groups excluding carboxylic acids is 1. The zero-order valence-corrected chi connectivity index (χ0v) is 6.86. The lowest BCUT2D eigenvalue weighted by atomic mass is 10.4. The van der Waals surface area contributed by atoms with E-state index in [0.29, 0.717) is 6.54 Å². The number of nitrogens with two attached hydrogens (primary N) is 1. The highest BCUT2D eigenvalue weighted by Gasteiger charge is 2.00. The molecule has 0 aliphatic rings. The van der Waals surface area contributed by atoms with Crippen LogP contribution < -0.4 is 11.4 Å². The molecule has 0 radical (unpaired) electrons. The molecule has 5 heteroatoms. The summed E-state index contributed by atoms with van der Waals surface area (Å²) in [5.74, 6) is -0.397. The van der Waals surface area contributed by atoms with Gasteiger partial charge in [0, 0.05) is 32.4 Å². The number of amides is 1. The van der Waals surface area contributed by atoms with E-state index in [9.17, 15) is 9.59 Å². The number of carbonyl (C=O) groups is 1. The highest BCUT2D eigenvalue weighted by atomic mass is 16.2. The number of primary amides is 1. The Hall–Kier alpha value is -1.52. The first-order chi connectivity index (χ1) is 5.61. The molecule has 66 valence electrons. The van der Waals surface area contributed by atoms with Gasteiger partial charge in [-0.25, -0.2) is 4.79 Å². The Morgan fingerprint density at radius 2 is 2.25 bits per heavy atom. The van der Waals surface area contributed by atoms with Gasteiger partial charge in [0.15, 0.2) is 0 Å². The van der Waals surface area contributed by atoms with Crippen LogP contribution in [-0.2, 0) is 18.4 Å². The van der Waals surface area contributed by atoms with Gasteiger partial charge in [0.05, 0.1) is 0 Å². The van der Waals surface area contributed by atoms with Gasteiger partial charge in [0.25, 0.3) is 0 Å². The summed E-state index contributed by atoms with van der Waals surface area (Å²) in [5, 5.41) is 0. The minimum absolute atomic E-state index is 0.128. The first-order valence-corrected chi connectivity index (χ1v) is 3.61. The average molecular weight is 169 g/mol. The molecule has 0 bridgehead atoms. The summed E-state index contributed by atoms with van der Waals surface area (Å²) in [5.41, 5.74) is 4.81. The predicted octanol–water partition coefficient (Wildman–Crippen LogP) is -0.938. The summed E-state index contributed by atoms with van der Waals surface area (Å²) in [4.78, 5) is 21.5. The Bertz CT molecular complexity index is 337. The van der Waals surface area contributed by atoms with Crippen LogP contribution in [0.25, 0.3) is 0 Å². The Balaban J connectivity index is 2.70. The minimum Gasteiger partial charge on any atom is -0.370 e. The highest BCUT2D eigenvalue weighted by molar-refractivity contribution is 5.73. The summed E-state index contributed by atoms with van der Waals surface area (Å²) in [6.45, 7) is 0.356. The zero-order chi connectivity index (χ0) is 9.14. The molecular weight excluding hydrogens is 158 g/mol. The fourth-order valence-electron chi connectivity index (χ4n) is 0.911. The van der Waals surface area contributed by atoms with Gasteiger partial charge in [-0.2, -0.15) is 0 Å². The van der Waals surface area contributed by atoms with Crippen LogP contribution >= 0.6 is 0 Å². The van der Waals surface area contributed by atoms with Crippen LogP contribution in [0.1, 0.15) is 6.42 Å². The molecule has 12 heavy (non-hydrogen) atoms. The summed E-state index contributed by atoms with van der Waals surface area (Å²) >= 11 is 0. The first-order valence-electron chi connectivity index (χ1n) is 3.61. The van der Waals surface area contributed by atoms with Crippen LogP contribution in [-0.4, -0.2) is 15.0 Å². The number of aromatic nitrogens is 2. The molecule has 0 saturated carbocycles. The van der Waals surface area contributed by atoms with Gasteiger partial charge in [-0.1, -0.05) is 0 Å². The van der Waals surface area contributed by atoms with Crippen LogP contribution in [0.4, 0.5) is 0 Å². The number of imidazole rings is 1. The summed E-state index contributed by atoms with van der Waals surface area (Å²) in [7, 11) is 1.66. The van der Waals surface area contributed by atoms with E-state index in [-0.39, 0.29) is 12.1 Å². The van der Waals surface area contributed by atoms with Crippen molar-refractivity contribution in [3.8, 4) is 0 Å². The van der Waals surface area contributed by atoms with Crippen molar-refractivity contribution in [2.75, 3.05) is 0 Å². The number of hydrogen-bond donors (Lipinski definition) is 1. The lowest BCUT2D eigenvalue weighted by Gasteiger charge is -1.96. The molecule has 1 amide bonds. The number of aryl methyl sites for hydroxylation is 2. The van der Waals surface area contributed by atoms with Crippen molar-refractivity contribution in [1.29, 1.82) is 0 Å². The molecule has 1 rings (SSSR count). The molecule has 2 N–H and O–H groups in total. The molecule has 0 spiro atoms. The lowest BCUT2D eigenvalue weighted by Crippen LogP contribution is -2.24. The van der Waals surface area contributed by atoms with Crippen LogP contribution in [0.15, 0.2) is 17.2 Å². The third kappa shape index (κ3) is 1.75. The maximum absolute atomic E-state index is 11.2. The topological polar surface area (TPSA) is 70.0 Å². The molecule has 0 saturated heterocycles. The fourth-order valence-corrected chi connectivity index (χ4v) is 0.911. The van der Waals surface area contributed by atoms with Gasteiger partial charge < -0.3 is 10.3 Å². The van der Waals surface area contributed by atoms with Gasteiger partial charge in [0.1, 0.15) is 0 Å². The van der Waals surface area contributed by atoms with Crippen molar-refractivity contribution in [3.63, 3.8) is 0 Å². The number of rotatable bonds is 3. The van der Waals surface area contributed by atoms with Crippen LogP contribution in [0.3, 0.4) is 0 Å². The van der Waals surface area contributed by atoms with Gasteiger partial charge in [-0.3, -0.25) is 9.36 Å². The smallest absolute Gasteiger partial charge is 0.327 e. The van der Waals surface area contributed by atoms with Crippen molar-refractivity contribution in [2.24, 2.45) is 12.8 Å². The second-order valence-electron chi connectivity index (χ2n) is 2.60. The second kappa shape index (κ2) is 3.25. The first kappa shape index (κ1) is 8.58. The van der Waals surface area contributed by atoms with E-state index in [1.54, 1.807) is 19.4 Å². The van der Waals surface area contributed by atoms with Crippen molar-refractivity contribution in [2.45, 2.75) is 13.0 Å². The lowest BCUT2D eigenvalue weighted by molar-refractivity contribution is -0.118. The molecule has 0 aliphatic heterocycles. The summed E-state index contributed by atoms with van der Waals surface area (Å²) in [6, 6.07) is 0.